The largest absolute Gasteiger partial charge is 0.454 e. The number of nitrogens with one attached hydrogen (secondary N) is 1. The Morgan fingerprint density at radius 1 is 1.10 bits per heavy atom. The standard InChI is InChI=1S/C16H16BrNO2/c1-2-11-5-3-4-6-14(11)18-9-12-7-15-16(8-13(12)17)20-10-19-15/h3-8,18H,2,9-10H2,1H3. The first-order valence-electron chi connectivity index (χ1n) is 6.67. The van der Waals surface area contributed by atoms with Crippen LogP contribution in [-0.4, -0.2) is 6.79 Å². The molecule has 3 rings (SSSR count). The van der Waals surface area contributed by atoms with Crippen LogP contribution in [0, 0.1) is 0 Å². The summed E-state index contributed by atoms with van der Waals surface area (Å²) >= 11 is 3.58. The molecular formula is C16H16BrNO2. The SMILES string of the molecule is CCc1ccccc1NCc1cc2c(cc1Br)OCO2. The van der Waals surface area contributed by atoms with Crippen molar-refractivity contribution < 1.29 is 9.47 Å². The smallest absolute Gasteiger partial charge is 0.231 e. The van der Waals surface area contributed by atoms with Crippen LogP contribution in [0.5, 0.6) is 11.5 Å². The minimum absolute atomic E-state index is 0.303. The van der Waals surface area contributed by atoms with Crippen LogP contribution in [-0.2, 0) is 13.0 Å². The van der Waals surface area contributed by atoms with Gasteiger partial charge in [-0.1, -0.05) is 41.1 Å². The van der Waals surface area contributed by atoms with Gasteiger partial charge in [0.25, 0.3) is 0 Å². The van der Waals surface area contributed by atoms with Crippen molar-refractivity contribution in [2.45, 2.75) is 19.9 Å². The third-order valence-electron chi connectivity index (χ3n) is 3.41. The summed E-state index contributed by atoms with van der Waals surface area (Å²) in [4.78, 5) is 0. The molecule has 1 aliphatic rings. The van der Waals surface area contributed by atoms with E-state index in [0.717, 1.165) is 34.5 Å². The highest BCUT2D eigenvalue weighted by Crippen LogP contribution is 2.37. The van der Waals surface area contributed by atoms with Crippen molar-refractivity contribution in [3.05, 3.63) is 52.0 Å². The number of para-hydroxylation sites is 1. The zero-order valence-corrected chi connectivity index (χ0v) is 12.9. The minimum Gasteiger partial charge on any atom is -0.454 e. The lowest BCUT2D eigenvalue weighted by Crippen LogP contribution is -2.02. The maximum absolute atomic E-state index is 5.42. The van der Waals surface area contributed by atoms with Crippen molar-refractivity contribution in [1.29, 1.82) is 0 Å². The van der Waals surface area contributed by atoms with Gasteiger partial charge in [-0.05, 0) is 35.7 Å². The van der Waals surface area contributed by atoms with Gasteiger partial charge in [-0.15, -0.1) is 0 Å². The van der Waals surface area contributed by atoms with E-state index in [4.69, 9.17) is 9.47 Å². The van der Waals surface area contributed by atoms with Crippen molar-refractivity contribution in [2.75, 3.05) is 12.1 Å². The Labute approximate surface area is 127 Å². The van der Waals surface area contributed by atoms with Crippen LogP contribution in [0.15, 0.2) is 40.9 Å². The molecule has 3 nitrogen and oxygen atoms in total. The lowest BCUT2D eigenvalue weighted by molar-refractivity contribution is 0.174. The highest BCUT2D eigenvalue weighted by atomic mass is 79.9. The fraction of sp³-hybridized carbons (Fsp3) is 0.250. The highest BCUT2D eigenvalue weighted by molar-refractivity contribution is 9.10. The molecule has 4 heteroatoms. The summed E-state index contributed by atoms with van der Waals surface area (Å²) in [5, 5.41) is 3.49. The molecule has 2 aromatic carbocycles. The van der Waals surface area contributed by atoms with Gasteiger partial charge in [-0.25, -0.2) is 0 Å². The average Bonchev–Trinajstić information content (AvgIpc) is 2.92. The summed E-state index contributed by atoms with van der Waals surface area (Å²) < 4.78 is 11.8. The van der Waals surface area contributed by atoms with Crippen molar-refractivity contribution >= 4 is 21.6 Å². The zero-order chi connectivity index (χ0) is 13.9. The van der Waals surface area contributed by atoms with Crippen LogP contribution in [0.25, 0.3) is 0 Å². The summed E-state index contributed by atoms with van der Waals surface area (Å²) in [6, 6.07) is 12.4. The molecule has 20 heavy (non-hydrogen) atoms. The molecule has 2 aromatic rings. The van der Waals surface area contributed by atoms with Crippen molar-refractivity contribution in [3.63, 3.8) is 0 Å². The Bertz CT molecular complexity index is 628. The number of benzene rings is 2. The maximum atomic E-state index is 5.42. The second-order valence-corrected chi connectivity index (χ2v) is 5.52. The van der Waals surface area contributed by atoms with Crippen LogP contribution >= 0.6 is 15.9 Å². The zero-order valence-electron chi connectivity index (χ0n) is 11.3. The molecule has 104 valence electrons. The van der Waals surface area contributed by atoms with E-state index in [-0.39, 0.29) is 0 Å². The van der Waals surface area contributed by atoms with Gasteiger partial charge in [0.05, 0.1) is 0 Å². The van der Waals surface area contributed by atoms with Gasteiger partial charge >= 0.3 is 0 Å². The monoisotopic (exact) mass is 333 g/mol. The van der Waals surface area contributed by atoms with E-state index >= 15 is 0 Å². The van der Waals surface area contributed by atoms with E-state index < -0.39 is 0 Å². The number of ether oxygens (including phenoxy) is 2. The first-order valence-corrected chi connectivity index (χ1v) is 7.47. The lowest BCUT2D eigenvalue weighted by Gasteiger charge is -2.12. The number of aryl methyl sites for hydroxylation is 1. The first-order chi connectivity index (χ1) is 9.78. The molecule has 0 bridgehead atoms. The molecule has 0 saturated carbocycles. The summed E-state index contributed by atoms with van der Waals surface area (Å²) in [6.07, 6.45) is 1.02. The van der Waals surface area contributed by atoms with E-state index in [0.29, 0.717) is 6.79 Å². The molecule has 1 aliphatic heterocycles. The van der Waals surface area contributed by atoms with Crippen molar-refractivity contribution in [2.24, 2.45) is 0 Å². The summed E-state index contributed by atoms with van der Waals surface area (Å²) in [5.74, 6) is 1.61. The Kier molecular flexibility index (Phi) is 3.83. The fourth-order valence-corrected chi connectivity index (χ4v) is 2.75. The van der Waals surface area contributed by atoms with E-state index in [1.54, 1.807) is 0 Å². The molecule has 0 radical (unpaired) electrons. The third kappa shape index (κ3) is 2.61. The van der Waals surface area contributed by atoms with Gasteiger partial charge in [-0.2, -0.15) is 0 Å². The third-order valence-corrected chi connectivity index (χ3v) is 4.15. The van der Waals surface area contributed by atoms with Gasteiger partial charge in [0.15, 0.2) is 11.5 Å². The molecule has 0 aliphatic carbocycles. The summed E-state index contributed by atoms with van der Waals surface area (Å²) in [5.41, 5.74) is 3.66. The Hall–Kier alpha value is -1.68. The number of hydrogen-bond donors (Lipinski definition) is 1. The van der Waals surface area contributed by atoms with Crippen molar-refractivity contribution in [1.82, 2.24) is 0 Å². The summed E-state index contributed by atoms with van der Waals surface area (Å²) in [7, 11) is 0. The predicted octanol–water partition coefficient (Wildman–Crippen LogP) is 4.35. The Balaban J connectivity index is 1.78. The van der Waals surface area contributed by atoms with Gasteiger partial charge in [0.1, 0.15) is 0 Å². The molecule has 0 amide bonds. The van der Waals surface area contributed by atoms with Gasteiger partial charge in [0, 0.05) is 16.7 Å². The molecule has 0 fully saturated rings. The fourth-order valence-electron chi connectivity index (χ4n) is 2.29. The Morgan fingerprint density at radius 2 is 1.85 bits per heavy atom. The van der Waals surface area contributed by atoms with Crippen LogP contribution < -0.4 is 14.8 Å². The lowest BCUT2D eigenvalue weighted by atomic mass is 10.1. The van der Waals surface area contributed by atoms with Crippen LogP contribution in [0.2, 0.25) is 0 Å². The second-order valence-electron chi connectivity index (χ2n) is 4.66. The van der Waals surface area contributed by atoms with E-state index in [1.165, 1.54) is 11.3 Å². The molecular weight excluding hydrogens is 318 g/mol. The van der Waals surface area contributed by atoms with Crippen LogP contribution in [0.4, 0.5) is 5.69 Å². The quantitative estimate of drug-likeness (QED) is 0.902. The van der Waals surface area contributed by atoms with Gasteiger partial charge in [0.2, 0.25) is 6.79 Å². The van der Waals surface area contributed by atoms with E-state index in [1.807, 2.05) is 12.1 Å². The molecule has 1 N–H and O–H groups in total. The molecule has 1 heterocycles. The highest BCUT2D eigenvalue weighted by Gasteiger charge is 2.16. The van der Waals surface area contributed by atoms with Crippen LogP contribution in [0.1, 0.15) is 18.1 Å². The molecule has 0 atom stereocenters. The second kappa shape index (κ2) is 5.75. The number of fused-ring (bicyclic) bond motifs is 1. The molecule has 0 aromatic heterocycles. The molecule has 0 unspecified atom stereocenters. The topological polar surface area (TPSA) is 30.5 Å². The minimum atomic E-state index is 0.303. The molecule has 0 saturated heterocycles. The van der Waals surface area contributed by atoms with Crippen molar-refractivity contribution in [3.8, 4) is 11.5 Å². The summed E-state index contributed by atoms with van der Waals surface area (Å²) in [6.45, 7) is 3.21. The van der Waals surface area contributed by atoms with Crippen LogP contribution in [0.3, 0.4) is 0 Å². The number of rotatable bonds is 4. The number of hydrogen-bond acceptors (Lipinski definition) is 3. The van der Waals surface area contributed by atoms with Gasteiger partial charge in [-0.3, -0.25) is 0 Å². The predicted molar refractivity (Wildman–Crippen MR) is 83.4 cm³/mol. The number of halogens is 1. The Morgan fingerprint density at radius 3 is 2.65 bits per heavy atom. The first kappa shape index (κ1) is 13.3. The van der Waals surface area contributed by atoms with Gasteiger partial charge < -0.3 is 14.8 Å². The maximum Gasteiger partial charge on any atom is 0.231 e. The molecule has 0 spiro atoms. The van der Waals surface area contributed by atoms with E-state index in [9.17, 15) is 0 Å². The van der Waals surface area contributed by atoms with E-state index in [2.05, 4.69) is 52.4 Å². The normalized spacial score (nSPS) is 12.5. The average molecular weight is 334 g/mol. The number of anilines is 1.